The molecule has 0 aliphatic rings. The zero-order valence-electron chi connectivity index (χ0n) is 8.01. The molecular weight excluding hydrogens is 138 g/mol. The van der Waals surface area contributed by atoms with Gasteiger partial charge in [-0.15, -0.1) is 0 Å². The first-order valence-corrected chi connectivity index (χ1v) is 4.68. The van der Waals surface area contributed by atoms with Crippen molar-refractivity contribution in [2.24, 2.45) is 0 Å². The predicted octanol–water partition coefficient (Wildman–Crippen LogP) is 1.84. The van der Waals surface area contributed by atoms with E-state index in [-0.39, 0.29) is 6.23 Å². The molecule has 1 unspecified atom stereocenters. The maximum atomic E-state index is 9.57. The van der Waals surface area contributed by atoms with Gasteiger partial charge in [-0.3, -0.25) is 4.90 Å². The average molecular weight is 159 g/mol. The lowest BCUT2D eigenvalue weighted by Crippen LogP contribution is -2.34. The van der Waals surface area contributed by atoms with Crippen LogP contribution in [-0.2, 0) is 0 Å². The number of unbranched alkanes of at least 4 members (excludes halogenated alkanes) is 1. The van der Waals surface area contributed by atoms with Gasteiger partial charge < -0.3 is 5.11 Å². The molecule has 11 heavy (non-hydrogen) atoms. The third-order valence-electron chi connectivity index (χ3n) is 2.05. The molecule has 0 amide bonds. The van der Waals surface area contributed by atoms with E-state index < -0.39 is 0 Å². The van der Waals surface area contributed by atoms with Crippen LogP contribution in [0.1, 0.15) is 40.0 Å². The summed E-state index contributed by atoms with van der Waals surface area (Å²) in [6.45, 7) is 8.20. The Bertz CT molecular complexity index is 81.6. The predicted molar refractivity (Wildman–Crippen MR) is 48.5 cm³/mol. The highest BCUT2D eigenvalue weighted by molar-refractivity contribution is 4.57. The van der Waals surface area contributed by atoms with Crippen molar-refractivity contribution in [3.63, 3.8) is 0 Å². The van der Waals surface area contributed by atoms with Gasteiger partial charge in [0.15, 0.2) is 0 Å². The fourth-order valence-electron chi connectivity index (χ4n) is 1.21. The van der Waals surface area contributed by atoms with E-state index in [1.54, 1.807) is 0 Å². The lowest BCUT2D eigenvalue weighted by molar-refractivity contribution is 0.00311. The molecule has 2 nitrogen and oxygen atoms in total. The molecule has 0 saturated carbocycles. The summed E-state index contributed by atoms with van der Waals surface area (Å²) in [7, 11) is 0. The van der Waals surface area contributed by atoms with Crippen molar-refractivity contribution in [2.45, 2.75) is 46.3 Å². The van der Waals surface area contributed by atoms with Crippen LogP contribution >= 0.6 is 0 Å². The molecule has 0 aliphatic heterocycles. The Morgan fingerprint density at radius 1 is 1.18 bits per heavy atom. The van der Waals surface area contributed by atoms with E-state index in [1.807, 2.05) is 0 Å². The zero-order valence-corrected chi connectivity index (χ0v) is 8.01. The van der Waals surface area contributed by atoms with Crippen LogP contribution in [0.2, 0.25) is 0 Å². The van der Waals surface area contributed by atoms with E-state index in [9.17, 15) is 5.11 Å². The smallest absolute Gasteiger partial charge is 0.107 e. The van der Waals surface area contributed by atoms with Crippen LogP contribution in [0.25, 0.3) is 0 Å². The molecule has 0 aromatic heterocycles. The highest BCUT2D eigenvalue weighted by Crippen LogP contribution is 2.04. The van der Waals surface area contributed by atoms with E-state index >= 15 is 0 Å². The molecule has 0 fully saturated rings. The standard InChI is InChI=1S/C9H21NO/c1-4-7-8-9(11)10(5-2)6-3/h9,11H,4-8H2,1-3H3. The third kappa shape index (κ3) is 4.38. The summed E-state index contributed by atoms with van der Waals surface area (Å²) in [6, 6.07) is 0. The summed E-state index contributed by atoms with van der Waals surface area (Å²) in [4.78, 5) is 2.08. The monoisotopic (exact) mass is 159 g/mol. The number of aliphatic hydroxyl groups excluding tert-OH is 1. The molecule has 0 rings (SSSR count). The minimum absolute atomic E-state index is 0.218. The second kappa shape index (κ2) is 6.62. The molecule has 0 aromatic carbocycles. The molecule has 68 valence electrons. The molecular formula is C9H21NO. The van der Waals surface area contributed by atoms with Crippen LogP contribution in [-0.4, -0.2) is 29.3 Å². The Morgan fingerprint density at radius 3 is 2.09 bits per heavy atom. The Kier molecular flexibility index (Phi) is 6.57. The van der Waals surface area contributed by atoms with Gasteiger partial charge in [0.1, 0.15) is 6.23 Å². The first kappa shape index (κ1) is 10.9. The molecule has 2 heteroatoms. The molecule has 1 atom stereocenters. The summed E-state index contributed by atoms with van der Waals surface area (Å²) in [6.07, 6.45) is 2.98. The first-order chi connectivity index (χ1) is 5.26. The molecule has 0 heterocycles. The molecule has 0 aliphatic carbocycles. The van der Waals surface area contributed by atoms with Crippen molar-refractivity contribution in [3.05, 3.63) is 0 Å². The van der Waals surface area contributed by atoms with Gasteiger partial charge in [0.2, 0.25) is 0 Å². The number of nitrogens with zero attached hydrogens (tertiary/aromatic N) is 1. The van der Waals surface area contributed by atoms with Gasteiger partial charge in [0.05, 0.1) is 0 Å². The zero-order chi connectivity index (χ0) is 8.69. The largest absolute Gasteiger partial charge is 0.378 e. The van der Waals surface area contributed by atoms with Crippen molar-refractivity contribution in [2.75, 3.05) is 13.1 Å². The minimum atomic E-state index is -0.218. The summed E-state index contributed by atoms with van der Waals surface area (Å²) >= 11 is 0. The minimum Gasteiger partial charge on any atom is -0.378 e. The Hall–Kier alpha value is -0.0800. The third-order valence-corrected chi connectivity index (χ3v) is 2.05. The molecule has 0 aromatic rings. The van der Waals surface area contributed by atoms with Crippen LogP contribution in [0.15, 0.2) is 0 Å². The van der Waals surface area contributed by atoms with Gasteiger partial charge in [-0.05, 0) is 25.9 Å². The van der Waals surface area contributed by atoms with Crippen molar-refractivity contribution in [1.82, 2.24) is 4.90 Å². The fourth-order valence-corrected chi connectivity index (χ4v) is 1.21. The van der Waals surface area contributed by atoms with Crippen molar-refractivity contribution in [1.29, 1.82) is 0 Å². The van der Waals surface area contributed by atoms with Crippen molar-refractivity contribution in [3.8, 4) is 0 Å². The van der Waals surface area contributed by atoms with E-state index in [2.05, 4.69) is 25.7 Å². The van der Waals surface area contributed by atoms with E-state index in [1.165, 1.54) is 6.42 Å². The normalized spacial score (nSPS) is 13.9. The molecule has 0 bridgehead atoms. The van der Waals surface area contributed by atoms with Crippen LogP contribution in [0.4, 0.5) is 0 Å². The molecule has 0 saturated heterocycles. The van der Waals surface area contributed by atoms with E-state index in [4.69, 9.17) is 0 Å². The van der Waals surface area contributed by atoms with Crippen LogP contribution < -0.4 is 0 Å². The SMILES string of the molecule is CCCCC(O)N(CC)CC. The van der Waals surface area contributed by atoms with E-state index in [0.29, 0.717) is 0 Å². The Balaban J connectivity index is 3.51. The van der Waals surface area contributed by atoms with E-state index in [0.717, 1.165) is 25.9 Å². The molecule has 0 spiro atoms. The topological polar surface area (TPSA) is 23.5 Å². The van der Waals surface area contributed by atoms with Gasteiger partial charge in [0.25, 0.3) is 0 Å². The van der Waals surface area contributed by atoms with Gasteiger partial charge in [-0.2, -0.15) is 0 Å². The highest BCUT2D eigenvalue weighted by atomic mass is 16.3. The van der Waals surface area contributed by atoms with Gasteiger partial charge in [-0.25, -0.2) is 0 Å². The van der Waals surface area contributed by atoms with Crippen LogP contribution in [0, 0.1) is 0 Å². The van der Waals surface area contributed by atoms with Gasteiger partial charge >= 0.3 is 0 Å². The second-order valence-electron chi connectivity index (χ2n) is 2.84. The summed E-state index contributed by atoms with van der Waals surface area (Å²) < 4.78 is 0. The maximum absolute atomic E-state index is 9.57. The molecule has 1 N–H and O–H groups in total. The second-order valence-corrected chi connectivity index (χ2v) is 2.84. The quantitative estimate of drug-likeness (QED) is 0.598. The summed E-state index contributed by atoms with van der Waals surface area (Å²) in [5.74, 6) is 0. The van der Waals surface area contributed by atoms with Gasteiger partial charge in [0, 0.05) is 0 Å². The number of aliphatic hydroxyl groups is 1. The number of rotatable bonds is 6. The average Bonchev–Trinajstić information content (AvgIpc) is 2.03. The first-order valence-electron chi connectivity index (χ1n) is 4.68. The molecule has 0 radical (unpaired) electrons. The van der Waals surface area contributed by atoms with Crippen LogP contribution in [0.5, 0.6) is 0 Å². The van der Waals surface area contributed by atoms with Crippen LogP contribution in [0.3, 0.4) is 0 Å². The van der Waals surface area contributed by atoms with Crippen molar-refractivity contribution < 1.29 is 5.11 Å². The number of hydrogen-bond acceptors (Lipinski definition) is 2. The Morgan fingerprint density at radius 2 is 1.73 bits per heavy atom. The summed E-state index contributed by atoms with van der Waals surface area (Å²) in [5, 5.41) is 9.57. The maximum Gasteiger partial charge on any atom is 0.107 e. The lowest BCUT2D eigenvalue weighted by atomic mass is 10.2. The Labute approximate surface area is 70.2 Å². The number of hydrogen-bond donors (Lipinski definition) is 1. The highest BCUT2D eigenvalue weighted by Gasteiger charge is 2.09. The van der Waals surface area contributed by atoms with Crippen molar-refractivity contribution >= 4 is 0 Å². The lowest BCUT2D eigenvalue weighted by Gasteiger charge is -2.24. The van der Waals surface area contributed by atoms with Gasteiger partial charge in [-0.1, -0.05) is 27.2 Å². The summed E-state index contributed by atoms with van der Waals surface area (Å²) in [5.41, 5.74) is 0. The fraction of sp³-hybridized carbons (Fsp3) is 1.00.